The summed E-state index contributed by atoms with van der Waals surface area (Å²) in [5.41, 5.74) is 5.32. The molecule has 0 unspecified atom stereocenters. The third-order valence-electron chi connectivity index (χ3n) is 1.66. The normalized spacial score (nSPS) is 11.5. The third-order valence-corrected chi connectivity index (χ3v) is 1.66. The van der Waals surface area contributed by atoms with Crippen LogP contribution in [-0.2, 0) is 11.3 Å². The Bertz CT molecular complexity index is 281. The number of carboxylic acids is 1. The summed E-state index contributed by atoms with van der Waals surface area (Å²) < 4.78 is 1.66. The van der Waals surface area contributed by atoms with Crippen molar-refractivity contribution in [3.8, 4) is 0 Å². The molecule has 1 aromatic heterocycles. The summed E-state index contributed by atoms with van der Waals surface area (Å²) in [4.78, 5) is 10.4. The van der Waals surface area contributed by atoms with E-state index in [0.717, 1.165) is 0 Å². The van der Waals surface area contributed by atoms with E-state index in [1.54, 1.807) is 23.1 Å². The number of aryl methyl sites for hydroxylation is 1. The molecule has 1 heterocycles. The van der Waals surface area contributed by atoms with Crippen LogP contribution < -0.4 is 27.4 Å². The second-order valence-corrected chi connectivity index (χ2v) is 2.69. The number of halogens is 1. The van der Waals surface area contributed by atoms with Crippen LogP contribution in [0, 0.1) is 0 Å². The molecule has 6 heteroatoms. The quantitative estimate of drug-likeness (QED) is 0.545. The number of nitrogens with zero attached hydrogens (tertiary/aromatic N) is 2. The molecule has 5 nitrogen and oxygen atoms in total. The van der Waals surface area contributed by atoms with Gasteiger partial charge in [-0.25, -0.2) is 0 Å². The first-order valence-corrected chi connectivity index (χ1v) is 3.99. The lowest BCUT2D eigenvalue weighted by molar-refractivity contribution is -0.754. The molecule has 0 saturated carbocycles. The second-order valence-electron chi connectivity index (χ2n) is 2.69. The predicted octanol–water partition coefficient (Wildman–Crippen LogP) is -3.82. The zero-order chi connectivity index (χ0) is 9.68. The van der Waals surface area contributed by atoms with Gasteiger partial charge in [-0.15, -0.1) is 0 Å². The molecular formula is C8H12BrN3O2. The maximum atomic E-state index is 10.4. The van der Waals surface area contributed by atoms with Crippen molar-refractivity contribution in [2.75, 3.05) is 0 Å². The fraction of sp³-hybridized carbons (Fsp3) is 0.375. The fourth-order valence-electron chi connectivity index (χ4n) is 0.888. The molecule has 0 spiro atoms. The highest BCUT2D eigenvalue weighted by molar-refractivity contribution is 5.72. The first kappa shape index (κ1) is 13.0. The van der Waals surface area contributed by atoms with Gasteiger partial charge in [-0.1, -0.05) is 4.68 Å². The van der Waals surface area contributed by atoms with Crippen LogP contribution >= 0.6 is 0 Å². The molecule has 0 aliphatic heterocycles. The fourth-order valence-corrected chi connectivity index (χ4v) is 0.888. The molecule has 1 atom stereocenters. The molecule has 0 aliphatic rings. The number of hydrogen-bond donors (Lipinski definition) is 2. The Balaban J connectivity index is 0.00000169. The van der Waals surface area contributed by atoms with Gasteiger partial charge in [0.25, 0.3) is 0 Å². The predicted molar refractivity (Wildman–Crippen MR) is 44.7 cm³/mol. The SMILES string of the molecule is N[C@H](CC[n+]1ccccn1)C(=O)O.[Br-]. The molecule has 0 aliphatic carbocycles. The van der Waals surface area contributed by atoms with Gasteiger partial charge in [0.15, 0.2) is 12.7 Å². The average Bonchev–Trinajstić information content (AvgIpc) is 2.15. The lowest BCUT2D eigenvalue weighted by atomic mass is 10.2. The highest BCUT2D eigenvalue weighted by Crippen LogP contribution is 1.87. The molecular weight excluding hydrogens is 250 g/mol. The zero-order valence-electron chi connectivity index (χ0n) is 7.51. The van der Waals surface area contributed by atoms with Gasteiger partial charge < -0.3 is 27.8 Å². The van der Waals surface area contributed by atoms with E-state index in [1.807, 2.05) is 6.07 Å². The molecule has 0 bridgehead atoms. The van der Waals surface area contributed by atoms with Crippen LogP contribution in [0.1, 0.15) is 6.42 Å². The molecule has 1 aromatic rings. The number of rotatable bonds is 4. The van der Waals surface area contributed by atoms with Crippen molar-refractivity contribution in [1.82, 2.24) is 5.10 Å². The van der Waals surface area contributed by atoms with Gasteiger partial charge in [0.2, 0.25) is 0 Å². The second kappa shape index (κ2) is 6.44. The first-order chi connectivity index (χ1) is 6.20. The summed E-state index contributed by atoms with van der Waals surface area (Å²) in [6.07, 6.45) is 3.80. The van der Waals surface area contributed by atoms with Crippen LogP contribution in [0.5, 0.6) is 0 Å². The number of aliphatic carboxylic acids is 1. The first-order valence-electron chi connectivity index (χ1n) is 3.99. The van der Waals surface area contributed by atoms with Crippen LogP contribution in [0.4, 0.5) is 0 Å². The van der Waals surface area contributed by atoms with E-state index in [-0.39, 0.29) is 17.0 Å². The molecule has 0 aromatic carbocycles. The van der Waals surface area contributed by atoms with Crippen LogP contribution in [-0.4, -0.2) is 22.2 Å². The number of carboxylic acid groups (broad SMARTS) is 1. The molecule has 0 saturated heterocycles. The minimum atomic E-state index is -0.975. The van der Waals surface area contributed by atoms with Crippen molar-refractivity contribution in [1.29, 1.82) is 0 Å². The Hall–Kier alpha value is -1.01. The molecule has 14 heavy (non-hydrogen) atoms. The summed E-state index contributed by atoms with van der Waals surface area (Å²) in [6.45, 7) is 0.522. The summed E-state index contributed by atoms with van der Waals surface area (Å²) in [7, 11) is 0. The van der Waals surface area contributed by atoms with Gasteiger partial charge in [0.1, 0.15) is 6.04 Å². The van der Waals surface area contributed by atoms with Crippen molar-refractivity contribution in [3.05, 3.63) is 24.5 Å². The van der Waals surface area contributed by atoms with Crippen LogP contribution in [0.2, 0.25) is 0 Å². The number of nitrogens with two attached hydrogens (primary N) is 1. The highest BCUT2D eigenvalue weighted by atomic mass is 79.9. The summed E-state index contributed by atoms with van der Waals surface area (Å²) in [5.74, 6) is -0.975. The van der Waals surface area contributed by atoms with Crippen molar-refractivity contribution in [2.24, 2.45) is 5.73 Å². The van der Waals surface area contributed by atoms with Gasteiger partial charge >= 0.3 is 5.97 Å². The zero-order valence-corrected chi connectivity index (χ0v) is 9.09. The van der Waals surface area contributed by atoms with Crippen LogP contribution in [0.3, 0.4) is 0 Å². The summed E-state index contributed by atoms with van der Waals surface area (Å²) >= 11 is 0. The number of hydrogen-bond acceptors (Lipinski definition) is 3. The lowest BCUT2D eigenvalue weighted by Gasteiger charge is -2.00. The van der Waals surface area contributed by atoms with Crippen LogP contribution in [0.25, 0.3) is 0 Å². The van der Waals surface area contributed by atoms with Crippen LogP contribution in [0.15, 0.2) is 24.5 Å². The highest BCUT2D eigenvalue weighted by Gasteiger charge is 2.13. The Morgan fingerprint density at radius 2 is 2.29 bits per heavy atom. The Kier molecular flexibility index (Phi) is 5.98. The van der Waals surface area contributed by atoms with Crippen molar-refractivity contribution in [3.63, 3.8) is 0 Å². The molecule has 1 rings (SSSR count). The van der Waals surface area contributed by atoms with E-state index in [0.29, 0.717) is 13.0 Å². The van der Waals surface area contributed by atoms with Crippen molar-refractivity contribution in [2.45, 2.75) is 19.0 Å². The van der Waals surface area contributed by atoms with Crippen molar-refractivity contribution < 1.29 is 31.6 Å². The lowest BCUT2D eigenvalue weighted by Crippen LogP contribution is -3.00. The van der Waals surface area contributed by atoms with Gasteiger partial charge in [-0.2, -0.15) is 0 Å². The summed E-state index contributed by atoms with van der Waals surface area (Å²) in [5, 5.41) is 12.5. The molecule has 78 valence electrons. The van der Waals surface area contributed by atoms with E-state index in [2.05, 4.69) is 5.10 Å². The number of carbonyl (C=O) groups is 1. The average molecular weight is 262 g/mol. The maximum absolute atomic E-state index is 10.4. The minimum Gasteiger partial charge on any atom is -1.00 e. The maximum Gasteiger partial charge on any atom is 0.320 e. The van der Waals surface area contributed by atoms with Gasteiger partial charge in [0, 0.05) is 12.5 Å². The van der Waals surface area contributed by atoms with Gasteiger partial charge in [-0.3, -0.25) is 4.79 Å². The van der Waals surface area contributed by atoms with E-state index >= 15 is 0 Å². The third kappa shape index (κ3) is 4.29. The molecule has 0 fully saturated rings. The van der Waals surface area contributed by atoms with Gasteiger partial charge in [0.05, 0.1) is 6.20 Å². The Morgan fingerprint density at radius 3 is 2.79 bits per heavy atom. The number of aromatic nitrogens is 2. The summed E-state index contributed by atoms with van der Waals surface area (Å²) in [6, 6.07) is 2.82. The van der Waals surface area contributed by atoms with E-state index in [9.17, 15) is 4.79 Å². The largest absolute Gasteiger partial charge is 1.00 e. The molecule has 0 radical (unpaired) electrons. The van der Waals surface area contributed by atoms with Gasteiger partial charge in [-0.05, 0) is 11.2 Å². The van der Waals surface area contributed by atoms with Crippen molar-refractivity contribution >= 4 is 5.97 Å². The Morgan fingerprint density at radius 1 is 1.57 bits per heavy atom. The minimum absolute atomic E-state index is 0. The molecule has 0 amide bonds. The smallest absolute Gasteiger partial charge is 0.320 e. The van der Waals surface area contributed by atoms with E-state index < -0.39 is 12.0 Å². The molecule has 3 N–H and O–H groups in total. The standard InChI is InChI=1S/C8H11N3O2.BrH/c9-7(8(12)13)3-6-11-5-2-1-4-10-11;/h1-2,4-5,7H,3,6,9H2;1H/t7-;/m1./s1. The van der Waals surface area contributed by atoms with E-state index in [4.69, 9.17) is 10.8 Å². The Labute approximate surface area is 92.3 Å². The van der Waals surface area contributed by atoms with E-state index in [1.165, 1.54) is 0 Å². The monoisotopic (exact) mass is 261 g/mol. The topological polar surface area (TPSA) is 80.1 Å².